The molecule has 4 aromatic rings. The van der Waals surface area contributed by atoms with Crippen LogP contribution in [0, 0.1) is 14.3 Å². The molecule has 6 nitrogen and oxygen atoms in total. The first-order chi connectivity index (χ1) is 17.5. The Bertz CT molecular complexity index is 1080. The molecule has 8 heteroatoms. The molecule has 4 aromatic carbocycles. The molecule has 0 fully saturated rings. The Morgan fingerprint density at radius 3 is 0.917 bits per heavy atom. The van der Waals surface area contributed by atoms with E-state index in [2.05, 4.69) is 0 Å². The average Bonchev–Trinajstić information content (AvgIpc) is 2.95. The van der Waals surface area contributed by atoms with E-state index >= 15 is 0 Å². The molecule has 0 aliphatic rings. The number of rotatable bonds is 9. The summed E-state index contributed by atoms with van der Waals surface area (Å²) in [6, 6.07) is 37.1. The molecule has 186 valence electrons. The fourth-order valence-corrected chi connectivity index (χ4v) is 11.2. The fourth-order valence-electron chi connectivity index (χ4n) is 3.05. The van der Waals surface area contributed by atoms with Crippen LogP contribution in [-0.2, 0) is 15.7 Å². The van der Waals surface area contributed by atoms with Crippen molar-refractivity contribution < 1.29 is 25.9 Å². The van der Waals surface area contributed by atoms with Crippen LogP contribution in [0.15, 0.2) is 121 Å². The number of aliphatic hydroxyl groups is 2. The van der Waals surface area contributed by atoms with Gasteiger partial charge in [-0.25, -0.2) is 0 Å². The molecule has 2 unspecified atom stereocenters. The molecule has 0 heterocycles. The molecule has 2 atom stereocenters. The van der Waals surface area contributed by atoms with Crippen LogP contribution < -0.4 is 0 Å². The van der Waals surface area contributed by atoms with Crippen molar-refractivity contribution in [2.75, 3.05) is 0 Å². The van der Waals surface area contributed by atoms with Crippen molar-refractivity contribution in [1.82, 2.24) is 0 Å². The van der Waals surface area contributed by atoms with Crippen LogP contribution in [0.2, 0.25) is 0 Å². The number of halogens is 2. The zero-order valence-electron chi connectivity index (χ0n) is 19.0. The molecule has 0 bridgehead atoms. The van der Waals surface area contributed by atoms with Gasteiger partial charge >= 0.3 is 226 Å². The minimum absolute atomic E-state index is 0.840. The number of benzene rings is 4. The van der Waals surface area contributed by atoms with Gasteiger partial charge < -0.3 is 0 Å². The normalized spacial score (nSPS) is 13.2. The summed E-state index contributed by atoms with van der Waals surface area (Å²) in [6.45, 7) is 0. The monoisotopic (exact) mass is 710 g/mol. The second-order valence-electron chi connectivity index (χ2n) is 7.36. The first-order valence-electron chi connectivity index (χ1n) is 11.0. The zero-order chi connectivity index (χ0) is 25.3. The van der Waals surface area contributed by atoms with Crippen molar-refractivity contribution in [3.63, 3.8) is 0 Å². The number of carbonyl (C=O) groups excluding carboxylic acids is 2. The molecule has 0 spiro atoms. The van der Waals surface area contributed by atoms with Gasteiger partial charge in [-0.05, 0) is 0 Å². The SMILES string of the molecule is O=C(OI(c1ccccc1)c1ccccc1)C(O)C(O)C(=O)OI(c1ccccc1)c1ccccc1. The van der Waals surface area contributed by atoms with E-state index in [4.69, 9.17) is 6.13 Å². The Balaban J connectivity index is 1.50. The van der Waals surface area contributed by atoms with Crippen LogP contribution in [0.3, 0.4) is 0 Å². The Kier molecular flexibility index (Phi) is 9.45. The van der Waals surface area contributed by atoms with E-state index in [0.29, 0.717) is 0 Å². The predicted molar refractivity (Wildman–Crippen MR) is 153 cm³/mol. The van der Waals surface area contributed by atoms with Crippen molar-refractivity contribution in [2.24, 2.45) is 0 Å². The van der Waals surface area contributed by atoms with Crippen LogP contribution in [0.1, 0.15) is 0 Å². The summed E-state index contributed by atoms with van der Waals surface area (Å²) in [5.41, 5.74) is 0. The van der Waals surface area contributed by atoms with E-state index in [0.717, 1.165) is 14.3 Å². The molecule has 0 aliphatic carbocycles. The quantitative estimate of drug-likeness (QED) is 0.235. The molecule has 0 radical (unpaired) electrons. The molecule has 0 aliphatic heterocycles. The fraction of sp³-hybridized carbons (Fsp3) is 0.0714. The number of hydrogen-bond donors (Lipinski definition) is 2. The van der Waals surface area contributed by atoms with Gasteiger partial charge in [0, 0.05) is 0 Å². The molecule has 36 heavy (non-hydrogen) atoms. The summed E-state index contributed by atoms with van der Waals surface area (Å²) >= 11 is -5.49. The van der Waals surface area contributed by atoms with E-state index in [1.807, 2.05) is 121 Å². The Labute approximate surface area is 224 Å². The van der Waals surface area contributed by atoms with E-state index in [-0.39, 0.29) is 0 Å². The first-order valence-corrected chi connectivity index (χ1v) is 17.0. The van der Waals surface area contributed by atoms with Gasteiger partial charge in [-0.1, -0.05) is 0 Å². The summed E-state index contributed by atoms with van der Waals surface area (Å²) in [6.07, 6.45) is -4.15. The second kappa shape index (κ2) is 12.9. The molecule has 2 N–H and O–H groups in total. The Morgan fingerprint density at radius 2 is 0.694 bits per heavy atom. The predicted octanol–water partition coefficient (Wildman–Crippen LogP) is 5.12. The summed E-state index contributed by atoms with van der Waals surface area (Å²) < 4.78 is 14.8. The van der Waals surface area contributed by atoms with Crippen molar-refractivity contribution in [3.05, 3.63) is 136 Å². The van der Waals surface area contributed by atoms with Gasteiger partial charge in [0.2, 0.25) is 0 Å². The van der Waals surface area contributed by atoms with E-state index in [9.17, 15) is 19.8 Å². The van der Waals surface area contributed by atoms with E-state index in [1.165, 1.54) is 0 Å². The van der Waals surface area contributed by atoms with Crippen molar-refractivity contribution in [1.29, 1.82) is 0 Å². The number of hydrogen-bond acceptors (Lipinski definition) is 6. The first kappa shape index (κ1) is 26.3. The van der Waals surface area contributed by atoms with Gasteiger partial charge in [0.25, 0.3) is 0 Å². The van der Waals surface area contributed by atoms with Crippen LogP contribution in [-0.4, -0.2) is 34.4 Å². The third-order valence-electron chi connectivity index (χ3n) is 4.81. The van der Waals surface area contributed by atoms with E-state index < -0.39 is 64.6 Å². The molecular formula is C28H24I2O6. The van der Waals surface area contributed by atoms with Crippen molar-refractivity contribution >= 4 is 52.4 Å². The summed E-state index contributed by atoms with van der Waals surface area (Å²) in [7, 11) is 0. The van der Waals surface area contributed by atoms with Crippen molar-refractivity contribution in [3.8, 4) is 0 Å². The van der Waals surface area contributed by atoms with Gasteiger partial charge in [-0.15, -0.1) is 0 Å². The number of carbonyl (C=O) groups is 2. The minimum atomic E-state index is -2.74. The maximum absolute atomic E-state index is 12.9. The molecule has 0 saturated carbocycles. The molecule has 4 rings (SSSR count). The molecule has 0 amide bonds. The standard InChI is InChI=1S/C28H24I2O6/c31-25(27(33)35-29(21-13-5-1-6-14-21)22-15-7-2-8-16-22)26(32)28(34)36-30(23-17-9-3-10-18-23)24-19-11-4-12-20-24/h1-20,25-26,31-32H. The molecule has 0 aromatic heterocycles. The van der Waals surface area contributed by atoms with Gasteiger partial charge in [-0.2, -0.15) is 0 Å². The van der Waals surface area contributed by atoms with Gasteiger partial charge in [0.15, 0.2) is 0 Å². The Morgan fingerprint density at radius 1 is 0.472 bits per heavy atom. The third-order valence-corrected chi connectivity index (χ3v) is 14.0. The van der Waals surface area contributed by atoms with E-state index in [1.54, 1.807) is 0 Å². The van der Waals surface area contributed by atoms with Gasteiger partial charge in [-0.3, -0.25) is 0 Å². The summed E-state index contributed by atoms with van der Waals surface area (Å²) in [5, 5.41) is 21.1. The van der Waals surface area contributed by atoms with Gasteiger partial charge in [0.05, 0.1) is 0 Å². The summed E-state index contributed by atoms with van der Waals surface area (Å²) in [4.78, 5) is 25.8. The van der Waals surface area contributed by atoms with Crippen LogP contribution in [0.5, 0.6) is 0 Å². The molecular weight excluding hydrogens is 686 g/mol. The van der Waals surface area contributed by atoms with Crippen molar-refractivity contribution in [2.45, 2.75) is 12.2 Å². The Hall–Kier alpha value is -2.80. The number of aliphatic hydroxyl groups excluding tert-OH is 2. The van der Waals surface area contributed by atoms with Gasteiger partial charge in [0.1, 0.15) is 0 Å². The average molecular weight is 710 g/mol. The maximum atomic E-state index is 12.9. The zero-order valence-corrected chi connectivity index (χ0v) is 23.3. The van der Waals surface area contributed by atoms with Crippen LogP contribution in [0.4, 0.5) is 0 Å². The van der Waals surface area contributed by atoms with Crippen LogP contribution >= 0.6 is 40.5 Å². The molecule has 0 saturated heterocycles. The summed E-state index contributed by atoms with van der Waals surface area (Å²) in [5.74, 6) is -2.12. The third kappa shape index (κ3) is 6.69. The van der Waals surface area contributed by atoms with Crippen LogP contribution in [0.25, 0.3) is 0 Å². The second-order valence-corrected chi connectivity index (χ2v) is 16.1. The topological polar surface area (TPSA) is 93.1 Å².